The van der Waals surface area contributed by atoms with Crippen LogP contribution in [0.5, 0.6) is 0 Å². The normalized spacial score (nSPS) is 18.7. The molecular weight excluding hydrogens is 356 g/mol. The first kappa shape index (κ1) is 18.2. The van der Waals surface area contributed by atoms with Gasteiger partial charge in [-0.2, -0.15) is 10.4 Å². The number of nitrogens with one attached hydrogen (secondary N) is 2. The SMILES string of the molecule is N#Cc1cccnc1N1CCC(NC(=O)N2CCC(c3ncn[nH]3)CC2)CC1. The Morgan fingerprint density at radius 1 is 1.18 bits per heavy atom. The number of aromatic amines is 1. The summed E-state index contributed by atoms with van der Waals surface area (Å²) in [6, 6.07) is 5.95. The van der Waals surface area contributed by atoms with Crippen LogP contribution in [0.15, 0.2) is 24.7 Å². The molecule has 2 saturated heterocycles. The van der Waals surface area contributed by atoms with E-state index in [0.717, 1.165) is 63.5 Å². The van der Waals surface area contributed by atoms with Gasteiger partial charge in [0.25, 0.3) is 0 Å². The van der Waals surface area contributed by atoms with Crippen molar-refractivity contribution in [2.75, 3.05) is 31.1 Å². The minimum atomic E-state index is 0.0185. The van der Waals surface area contributed by atoms with E-state index in [1.54, 1.807) is 18.3 Å². The smallest absolute Gasteiger partial charge is 0.317 e. The summed E-state index contributed by atoms with van der Waals surface area (Å²) >= 11 is 0. The molecule has 0 aromatic carbocycles. The molecule has 4 heterocycles. The number of carbonyl (C=O) groups excluding carboxylic acids is 1. The minimum Gasteiger partial charge on any atom is -0.355 e. The first-order valence-electron chi connectivity index (χ1n) is 9.75. The molecule has 2 aromatic heterocycles. The van der Waals surface area contributed by atoms with Gasteiger partial charge in [0.1, 0.15) is 24.0 Å². The average molecular weight is 380 g/mol. The molecule has 0 bridgehead atoms. The predicted octanol–water partition coefficient (Wildman–Crippen LogP) is 1.63. The number of hydrogen-bond donors (Lipinski definition) is 2. The third-order valence-electron chi connectivity index (χ3n) is 5.63. The lowest BCUT2D eigenvalue weighted by molar-refractivity contribution is 0.174. The second-order valence-corrected chi connectivity index (χ2v) is 7.33. The molecule has 28 heavy (non-hydrogen) atoms. The maximum absolute atomic E-state index is 12.6. The fourth-order valence-electron chi connectivity index (χ4n) is 4.01. The summed E-state index contributed by atoms with van der Waals surface area (Å²) in [4.78, 5) is 25.2. The number of nitrogens with zero attached hydrogens (tertiary/aromatic N) is 6. The zero-order valence-electron chi connectivity index (χ0n) is 15.7. The van der Waals surface area contributed by atoms with E-state index in [0.29, 0.717) is 11.5 Å². The Labute approximate surface area is 163 Å². The molecule has 2 aliphatic heterocycles. The molecule has 2 N–H and O–H groups in total. The number of anilines is 1. The Hall–Kier alpha value is -3.15. The van der Waals surface area contributed by atoms with Gasteiger partial charge in [-0.05, 0) is 37.8 Å². The van der Waals surface area contributed by atoms with Crippen molar-refractivity contribution in [3.63, 3.8) is 0 Å². The lowest BCUT2D eigenvalue weighted by atomic mass is 9.96. The first-order chi connectivity index (χ1) is 13.7. The third kappa shape index (κ3) is 3.91. The molecule has 9 heteroatoms. The van der Waals surface area contributed by atoms with Crippen LogP contribution in [0.3, 0.4) is 0 Å². The van der Waals surface area contributed by atoms with E-state index in [-0.39, 0.29) is 12.1 Å². The van der Waals surface area contributed by atoms with Crippen molar-refractivity contribution < 1.29 is 4.79 Å². The van der Waals surface area contributed by atoms with Crippen molar-refractivity contribution >= 4 is 11.8 Å². The quantitative estimate of drug-likeness (QED) is 0.837. The number of hydrogen-bond acceptors (Lipinski definition) is 6. The Morgan fingerprint density at radius 3 is 2.64 bits per heavy atom. The lowest BCUT2D eigenvalue weighted by Crippen LogP contribution is -2.51. The molecule has 0 atom stereocenters. The summed E-state index contributed by atoms with van der Waals surface area (Å²) in [6.07, 6.45) is 6.75. The van der Waals surface area contributed by atoms with E-state index in [4.69, 9.17) is 0 Å². The monoisotopic (exact) mass is 380 g/mol. The highest BCUT2D eigenvalue weighted by atomic mass is 16.2. The first-order valence-corrected chi connectivity index (χ1v) is 9.75. The molecule has 0 spiro atoms. The van der Waals surface area contributed by atoms with Crippen LogP contribution in [-0.4, -0.2) is 63.3 Å². The standard InChI is InChI=1S/C19H24N8O/c20-12-15-2-1-7-21-18(15)26-10-5-16(6-11-26)24-19(28)27-8-3-14(4-9-27)17-22-13-23-25-17/h1-2,7,13-14,16H,3-6,8-11H2,(H,24,28)(H,22,23,25). The van der Waals surface area contributed by atoms with E-state index in [1.165, 1.54) is 6.33 Å². The van der Waals surface area contributed by atoms with Gasteiger partial charge in [0.15, 0.2) is 0 Å². The predicted molar refractivity (Wildman–Crippen MR) is 103 cm³/mol. The molecule has 0 radical (unpaired) electrons. The van der Waals surface area contributed by atoms with Crippen LogP contribution >= 0.6 is 0 Å². The molecule has 0 unspecified atom stereocenters. The van der Waals surface area contributed by atoms with Crippen LogP contribution in [0.2, 0.25) is 0 Å². The second kappa shape index (κ2) is 8.25. The topological polar surface area (TPSA) is 114 Å². The Bertz CT molecular complexity index is 830. The van der Waals surface area contributed by atoms with Crippen molar-refractivity contribution in [2.45, 2.75) is 37.6 Å². The molecule has 2 amide bonds. The number of rotatable bonds is 3. The Morgan fingerprint density at radius 2 is 1.96 bits per heavy atom. The molecule has 4 rings (SSSR count). The summed E-state index contributed by atoms with van der Waals surface area (Å²) < 4.78 is 0. The molecule has 0 saturated carbocycles. The molecule has 2 aromatic rings. The molecule has 9 nitrogen and oxygen atoms in total. The van der Waals surface area contributed by atoms with Gasteiger partial charge in [-0.3, -0.25) is 5.10 Å². The number of aromatic nitrogens is 4. The zero-order valence-corrected chi connectivity index (χ0v) is 15.7. The van der Waals surface area contributed by atoms with Crippen molar-refractivity contribution in [3.05, 3.63) is 36.0 Å². The van der Waals surface area contributed by atoms with Crippen LogP contribution in [0.4, 0.5) is 10.6 Å². The van der Waals surface area contributed by atoms with Crippen molar-refractivity contribution in [1.82, 2.24) is 30.4 Å². The van der Waals surface area contributed by atoms with Gasteiger partial charge in [-0.1, -0.05) is 0 Å². The molecule has 0 aliphatic carbocycles. The van der Waals surface area contributed by atoms with Crippen LogP contribution in [-0.2, 0) is 0 Å². The largest absolute Gasteiger partial charge is 0.355 e. The minimum absolute atomic E-state index is 0.0185. The Balaban J connectivity index is 1.25. The summed E-state index contributed by atoms with van der Waals surface area (Å²) in [5.74, 6) is 2.01. The molecule has 2 aliphatic rings. The second-order valence-electron chi connectivity index (χ2n) is 7.33. The third-order valence-corrected chi connectivity index (χ3v) is 5.63. The molecule has 146 valence electrons. The maximum Gasteiger partial charge on any atom is 0.317 e. The highest BCUT2D eigenvalue weighted by Crippen LogP contribution is 2.25. The van der Waals surface area contributed by atoms with E-state index in [2.05, 4.69) is 36.5 Å². The van der Waals surface area contributed by atoms with Gasteiger partial charge in [0, 0.05) is 44.3 Å². The number of nitriles is 1. The summed E-state index contributed by atoms with van der Waals surface area (Å²) in [5, 5.41) is 19.3. The van der Waals surface area contributed by atoms with E-state index >= 15 is 0 Å². The van der Waals surface area contributed by atoms with E-state index in [9.17, 15) is 10.1 Å². The van der Waals surface area contributed by atoms with Gasteiger partial charge < -0.3 is 15.1 Å². The van der Waals surface area contributed by atoms with E-state index < -0.39 is 0 Å². The van der Waals surface area contributed by atoms with Gasteiger partial charge in [-0.25, -0.2) is 14.8 Å². The fraction of sp³-hybridized carbons (Fsp3) is 0.526. The van der Waals surface area contributed by atoms with Crippen molar-refractivity contribution in [1.29, 1.82) is 5.26 Å². The molecular formula is C19H24N8O. The summed E-state index contributed by atoms with van der Waals surface area (Å²) in [5.41, 5.74) is 0.597. The number of amides is 2. The number of pyridine rings is 1. The van der Waals surface area contributed by atoms with Crippen LogP contribution in [0.1, 0.15) is 43.0 Å². The average Bonchev–Trinajstić information content (AvgIpc) is 3.29. The fourth-order valence-corrected chi connectivity index (χ4v) is 4.01. The number of likely N-dealkylation sites (tertiary alicyclic amines) is 1. The number of piperidine rings is 2. The number of urea groups is 1. The van der Waals surface area contributed by atoms with Gasteiger partial charge in [0.2, 0.25) is 0 Å². The number of carbonyl (C=O) groups is 1. The summed E-state index contributed by atoms with van der Waals surface area (Å²) in [6.45, 7) is 3.03. The van der Waals surface area contributed by atoms with Crippen molar-refractivity contribution in [3.8, 4) is 6.07 Å². The maximum atomic E-state index is 12.6. The number of H-pyrrole nitrogens is 1. The summed E-state index contributed by atoms with van der Waals surface area (Å²) in [7, 11) is 0. The Kier molecular flexibility index (Phi) is 5.37. The highest BCUT2D eigenvalue weighted by Gasteiger charge is 2.28. The van der Waals surface area contributed by atoms with Gasteiger partial charge in [0.05, 0.1) is 5.56 Å². The van der Waals surface area contributed by atoms with Gasteiger partial charge >= 0.3 is 6.03 Å². The van der Waals surface area contributed by atoms with Crippen LogP contribution < -0.4 is 10.2 Å². The zero-order chi connectivity index (χ0) is 19.3. The van der Waals surface area contributed by atoms with Crippen LogP contribution in [0.25, 0.3) is 0 Å². The lowest BCUT2D eigenvalue weighted by Gasteiger charge is -2.36. The highest BCUT2D eigenvalue weighted by molar-refractivity contribution is 5.74. The van der Waals surface area contributed by atoms with Crippen LogP contribution in [0, 0.1) is 11.3 Å². The van der Waals surface area contributed by atoms with Gasteiger partial charge in [-0.15, -0.1) is 0 Å². The molecule has 2 fully saturated rings. The van der Waals surface area contributed by atoms with Crippen molar-refractivity contribution in [2.24, 2.45) is 0 Å². The van der Waals surface area contributed by atoms with E-state index in [1.807, 2.05) is 4.90 Å².